The third-order valence-corrected chi connectivity index (χ3v) is 4.23. The topological polar surface area (TPSA) is 69.7 Å². The predicted molar refractivity (Wildman–Crippen MR) is 83.2 cm³/mol. The molecule has 0 amide bonds. The molecule has 0 radical (unpaired) electrons. The van der Waals surface area contributed by atoms with Gasteiger partial charge in [-0.2, -0.15) is 21.6 Å². The van der Waals surface area contributed by atoms with E-state index in [2.05, 4.69) is 4.18 Å². The molecule has 0 unspecified atom stereocenters. The Morgan fingerprint density at radius 1 is 1.04 bits per heavy atom. The first-order chi connectivity index (χ1) is 11.6. The van der Waals surface area contributed by atoms with E-state index in [1.54, 1.807) is 18.2 Å². The number of alkyl halides is 3. The molecule has 25 heavy (non-hydrogen) atoms. The van der Waals surface area contributed by atoms with Gasteiger partial charge in [-0.1, -0.05) is 30.3 Å². The van der Waals surface area contributed by atoms with Gasteiger partial charge in [0.25, 0.3) is 0 Å². The first-order valence-electron chi connectivity index (χ1n) is 6.86. The minimum Gasteiger partial charge on any atom is -0.496 e. The number of hydrogen-bond acceptors (Lipinski definition) is 5. The Balaban J connectivity index is 2.60. The average Bonchev–Trinajstić information content (AvgIpc) is 2.54. The number of ether oxygens (including phenoxy) is 1. The fourth-order valence-corrected chi connectivity index (χ4v) is 2.51. The quantitative estimate of drug-likeness (QED) is 0.455. The summed E-state index contributed by atoms with van der Waals surface area (Å²) >= 11 is 0. The smallest absolute Gasteiger partial charge is 0.496 e. The molecule has 2 aromatic rings. The van der Waals surface area contributed by atoms with Crippen molar-refractivity contribution in [2.75, 3.05) is 7.11 Å². The second-order valence-corrected chi connectivity index (χ2v) is 6.53. The summed E-state index contributed by atoms with van der Waals surface area (Å²) in [6.07, 6.45) is 0. The van der Waals surface area contributed by atoms with E-state index in [0.717, 1.165) is 12.1 Å². The van der Waals surface area contributed by atoms with E-state index in [1.807, 2.05) is 0 Å². The fourth-order valence-electron chi connectivity index (χ4n) is 2.04. The highest BCUT2D eigenvalue weighted by Crippen LogP contribution is 2.34. The molecule has 0 aliphatic heterocycles. The maximum absolute atomic E-state index is 12.6. The van der Waals surface area contributed by atoms with Crippen molar-refractivity contribution in [3.8, 4) is 11.5 Å². The van der Waals surface area contributed by atoms with Gasteiger partial charge in [0, 0.05) is 5.56 Å². The summed E-state index contributed by atoms with van der Waals surface area (Å²) in [4.78, 5) is 12.6. The van der Waals surface area contributed by atoms with Gasteiger partial charge in [0.2, 0.25) is 0 Å². The lowest BCUT2D eigenvalue weighted by atomic mass is 10.0. The largest absolute Gasteiger partial charge is 0.534 e. The lowest BCUT2D eigenvalue weighted by Crippen LogP contribution is -2.28. The molecule has 0 bridgehead atoms. The number of methoxy groups -OCH3 is 1. The minimum absolute atomic E-state index is 0.155. The van der Waals surface area contributed by atoms with Gasteiger partial charge >= 0.3 is 15.6 Å². The molecule has 0 aliphatic carbocycles. The van der Waals surface area contributed by atoms with Crippen molar-refractivity contribution in [3.05, 3.63) is 59.2 Å². The molecule has 0 spiro atoms. The second kappa shape index (κ2) is 6.75. The van der Waals surface area contributed by atoms with Gasteiger partial charge in [0.1, 0.15) is 5.75 Å². The Morgan fingerprint density at radius 3 is 2.16 bits per heavy atom. The molecular weight excluding hydrogens is 361 g/mol. The Kier molecular flexibility index (Phi) is 5.07. The van der Waals surface area contributed by atoms with E-state index in [9.17, 15) is 26.4 Å². The van der Waals surface area contributed by atoms with E-state index >= 15 is 0 Å². The van der Waals surface area contributed by atoms with Crippen LogP contribution in [-0.4, -0.2) is 26.8 Å². The Hall–Kier alpha value is -2.55. The molecule has 0 heterocycles. The molecule has 2 aromatic carbocycles. The van der Waals surface area contributed by atoms with Gasteiger partial charge in [-0.3, -0.25) is 4.79 Å². The minimum atomic E-state index is -5.92. The molecule has 2 rings (SSSR count). The Morgan fingerprint density at radius 2 is 1.64 bits per heavy atom. The van der Waals surface area contributed by atoms with Crippen molar-refractivity contribution in [2.24, 2.45) is 0 Å². The van der Waals surface area contributed by atoms with Crippen LogP contribution in [0.1, 0.15) is 21.5 Å². The molecule has 0 aromatic heterocycles. The van der Waals surface area contributed by atoms with Crippen molar-refractivity contribution < 1.29 is 35.3 Å². The van der Waals surface area contributed by atoms with Crippen LogP contribution in [0.25, 0.3) is 0 Å². The number of halogens is 3. The summed E-state index contributed by atoms with van der Waals surface area (Å²) < 4.78 is 69.6. The summed E-state index contributed by atoms with van der Waals surface area (Å²) in [5.41, 5.74) is -5.52. The number of benzene rings is 2. The highest BCUT2D eigenvalue weighted by molar-refractivity contribution is 7.88. The van der Waals surface area contributed by atoms with Crippen molar-refractivity contribution in [1.82, 2.24) is 0 Å². The molecule has 0 atom stereocenters. The first-order valence-corrected chi connectivity index (χ1v) is 8.27. The van der Waals surface area contributed by atoms with Crippen LogP contribution in [0.3, 0.4) is 0 Å². The zero-order chi connectivity index (χ0) is 18.8. The van der Waals surface area contributed by atoms with Crippen molar-refractivity contribution >= 4 is 15.9 Å². The second-order valence-electron chi connectivity index (χ2n) is 5.00. The molecule has 0 fully saturated rings. The molecule has 5 nitrogen and oxygen atoms in total. The average molecular weight is 374 g/mol. The summed E-state index contributed by atoms with van der Waals surface area (Å²) in [6, 6.07) is 9.81. The van der Waals surface area contributed by atoms with Crippen molar-refractivity contribution in [1.29, 1.82) is 0 Å². The molecule has 134 valence electrons. The van der Waals surface area contributed by atoms with Gasteiger partial charge in [0.15, 0.2) is 11.5 Å². The van der Waals surface area contributed by atoms with E-state index < -0.39 is 27.2 Å². The van der Waals surface area contributed by atoms with E-state index in [-0.39, 0.29) is 16.9 Å². The normalized spacial score (nSPS) is 11.9. The number of carbonyl (C=O) groups excluding carboxylic acids is 1. The van der Waals surface area contributed by atoms with Crippen LogP contribution >= 0.6 is 0 Å². The number of rotatable bonds is 5. The van der Waals surface area contributed by atoms with Gasteiger partial charge in [0.05, 0.1) is 12.7 Å². The zero-order valence-electron chi connectivity index (χ0n) is 13.1. The van der Waals surface area contributed by atoms with Crippen LogP contribution in [0.5, 0.6) is 11.5 Å². The first kappa shape index (κ1) is 18.8. The predicted octanol–water partition coefficient (Wildman–Crippen LogP) is 3.46. The van der Waals surface area contributed by atoms with Gasteiger partial charge < -0.3 is 8.92 Å². The number of aryl methyl sites for hydroxylation is 1. The van der Waals surface area contributed by atoms with Crippen LogP contribution in [0.4, 0.5) is 13.2 Å². The zero-order valence-corrected chi connectivity index (χ0v) is 13.9. The van der Waals surface area contributed by atoms with Gasteiger partial charge in [-0.15, -0.1) is 0 Å². The fraction of sp³-hybridized carbons (Fsp3) is 0.188. The molecular formula is C16H13F3O5S. The monoisotopic (exact) mass is 374 g/mol. The highest BCUT2D eigenvalue weighted by Gasteiger charge is 2.49. The van der Waals surface area contributed by atoms with Crippen molar-refractivity contribution in [3.63, 3.8) is 0 Å². The van der Waals surface area contributed by atoms with E-state index in [1.165, 1.54) is 26.2 Å². The lowest BCUT2D eigenvalue weighted by molar-refractivity contribution is -0.0500. The van der Waals surface area contributed by atoms with E-state index in [0.29, 0.717) is 5.56 Å². The van der Waals surface area contributed by atoms with Crippen LogP contribution in [0.2, 0.25) is 0 Å². The standard InChI is InChI=1S/C16H13F3O5S/c1-10-8-14(24-25(21,22)16(17,18)19)12(9-13(10)23-2)15(20)11-6-4-3-5-7-11/h3-9H,1-2H3. The lowest BCUT2D eigenvalue weighted by Gasteiger charge is -2.15. The maximum atomic E-state index is 12.6. The molecule has 9 heteroatoms. The summed E-state index contributed by atoms with van der Waals surface area (Å²) in [5.74, 6) is -1.22. The molecule has 0 saturated heterocycles. The number of ketones is 1. The summed E-state index contributed by atoms with van der Waals surface area (Å²) in [7, 11) is -4.61. The van der Waals surface area contributed by atoms with E-state index in [4.69, 9.17) is 4.74 Å². The molecule has 0 aliphatic rings. The van der Waals surface area contributed by atoms with Crippen LogP contribution < -0.4 is 8.92 Å². The molecule has 0 N–H and O–H groups in total. The van der Waals surface area contributed by atoms with Crippen LogP contribution in [0, 0.1) is 6.92 Å². The Labute approximate surface area is 142 Å². The number of carbonyl (C=O) groups is 1. The van der Waals surface area contributed by atoms with Gasteiger partial charge in [-0.25, -0.2) is 0 Å². The van der Waals surface area contributed by atoms with Gasteiger partial charge in [-0.05, 0) is 24.6 Å². The molecule has 0 saturated carbocycles. The third kappa shape index (κ3) is 3.93. The van der Waals surface area contributed by atoms with Crippen LogP contribution in [-0.2, 0) is 10.1 Å². The highest BCUT2D eigenvalue weighted by atomic mass is 32.2. The van der Waals surface area contributed by atoms with Crippen molar-refractivity contribution in [2.45, 2.75) is 12.4 Å². The number of hydrogen-bond donors (Lipinski definition) is 0. The summed E-state index contributed by atoms with van der Waals surface area (Å²) in [6.45, 7) is 1.47. The SMILES string of the molecule is COc1cc(C(=O)c2ccccc2)c(OS(=O)(=O)C(F)(F)F)cc1C. The van der Waals surface area contributed by atoms with Crippen LogP contribution in [0.15, 0.2) is 42.5 Å². The maximum Gasteiger partial charge on any atom is 0.534 e. The third-order valence-electron chi connectivity index (χ3n) is 3.26. The summed E-state index contributed by atoms with van der Waals surface area (Å²) in [5, 5.41) is 0. The Bertz CT molecular complexity index is 890.